The van der Waals surface area contributed by atoms with Crippen LogP contribution in [0, 0.1) is 0 Å². The molecule has 1 aromatic rings. The molecular weight excluding hydrogens is 170 g/mol. The van der Waals surface area contributed by atoms with E-state index in [4.69, 9.17) is 5.73 Å². The van der Waals surface area contributed by atoms with Gasteiger partial charge in [-0.3, -0.25) is 0 Å². The molecule has 78 valence electrons. The van der Waals surface area contributed by atoms with Crippen molar-refractivity contribution in [3.05, 3.63) is 35.4 Å². The Bertz CT molecular complexity index is 248. The van der Waals surface area contributed by atoms with E-state index in [1.165, 1.54) is 36.8 Å². The summed E-state index contributed by atoms with van der Waals surface area (Å²) in [5.74, 6) is 0. The highest BCUT2D eigenvalue weighted by Gasteiger charge is 1.98. The molecule has 0 amide bonds. The van der Waals surface area contributed by atoms with E-state index in [-0.39, 0.29) is 6.04 Å². The molecule has 14 heavy (non-hydrogen) atoms. The first-order chi connectivity index (χ1) is 6.74. The standard InChI is InChI=1S/C13H21N/c1-3-4-5-6-12-7-9-13(10-8-12)11(2)14/h7-11H,3-6,14H2,1-2H3/t11-/m1/s1. The lowest BCUT2D eigenvalue weighted by Crippen LogP contribution is -2.04. The number of benzene rings is 1. The Kier molecular flexibility index (Phi) is 4.68. The van der Waals surface area contributed by atoms with Crippen molar-refractivity contribution in [2.45, 2.75) is 45.6 Å². The smallest absolute Gasteiger partial charge is 0.0266 e. The lowest BCUT2D eigenvalue weighted by atomic mass is 10.0. The molecule has 1 heteroatoms. The lowest BCUT2D eigenvalue weighted by Gasteiger charge is -2.06. The number of hydrogen-bond acceptors (Lipinski definition) is 1. The third kappa shape index (κ3) is 3.51. The summed E-state index contributed by atoms with van der Waals surface area (Å²) in [5.41, 5.74) is 8.44. The molecule has 0 aliphatic carbocycles. The fourth-order valence-electron chi connectivity index (χ4n) is 1.57. The highest BCUT2D eigenvalue weighted by Crippen LogP contribution is 2.12. The monoisotopic (exact) mass is 191 g/mol. The number of unbranched alkanes of at least 4 members (excludes halogenated alkanes) is 2. The third-order valence-corrected chi connectivity index (χ3v) is 2.57. The zero-order chi connectivity index (χ0) is 10.4. The summed E-state index contributed by atoms with van der Waals surface area (Å²) in [7, 11) is 0. The first-order valence-corrected chi connectivity index (χ1v) is 5.58. The van der Waals surface area contributed by atoms with Crippen LogP contribution in [0.1, 0.15) is 50.3 Å². The van der Waals surface area contributed by atoms with Gasteiger partial charge in [0.2, 0.25) is 0 Å². The quantitative estimate of drug-likeness (QED) is 0.709. The predicted octanol–water partition coefficient (Wildman–Crippen LogP) is 3.44. The molecule has 0 saturated heterocycles. The molecule has 2 N–H and O–H groups in total. The zero-order valence-corrected chi connectivity index (χ0v) is 9.29. The van der Waals surface area contributed by atoms with E-state index in [1.807, 2.05) is 6.92 Å². The van der Waals surface area contributed by atoms with Crippen molar-refractivity contribution in [3.63, 3.8) is 0 Å². The molecule has 0 saturated carbocycles. The van der Waals surface area contributed by atoms with Gasteiger partial charge in [0, 0.05) is 6.04 Å². The Morgan fingerprint density at radius 2 is 1.79 bits per heavy atom. The van der Waals surface area contributed by atoms with Gasteiger partial charge in [-0.2, -0.15) is 0 Å². The molecule has 0 bridgehead atoms. The fourth-order valence-corrected chi connectivity index (χ4v) is 1.57. The Morgan fingerprint density at radius 1 is 1.14 bits per heavy atom. The van der Waals surface area contributed by atoms with Crippen LogP contribution in [-0.4, -0.2) is 0 Å². The molecule has 0 spiro atoms. The van der Waals surface area contributed by atoms with Crippen LogP contribution in [0.4, 0.5) is 0 Å². The van der Waals surface area contributed by atoms with Crippen LogP contribution in [-0.2, 0) is 6.42 Å². The molecule has 1 atom stereocenters. The molecule has 0 unspecified atom stereocenters. The summed E-state index contributed by atoms with van der Waals surface area (Å²) in [6.07, 6.45) is 5.12. The second-order valence-electron chi connectivity index (χ2n) is 3.99. The Morgan fingerprint density at radius 3 is 2.29 bits per heavy atom. The van der Waals surface area contributed by atoms with E-state index in [9.17, 15) is 0 Å². The van der Waals surface area contributed by atoms with Crippen molar-refractivity contribution in [2.75, 3.05) is 0 Å². The van der Waals surface area contributed by atoms with Crippen molar-refractivity contribution in [2.24, 2.45) is 5.73 Å². The Balaban J connectivity index is 2.47. The molecule has 0 aliphatic heterocycles. The van der Waals surface area contributed by atoms with Gasteiger partial charge < -0.3 is 5.73 Å². The molecule has 1 nitrogen and oxygen atoms in total. The summed E-state index contributed by atoms with van der Waals surface area (Å²) >= 11 is 0. The van der Waals surface area contributed by atoms with Crippen LogP contribution in [0.2, 0.25) is 0 Å². The van der Waals surface area contributed by atoms with E-state index in [0.29, 0.717) is 0 Å². The maximum atomic E-state index is 5.79. The SMILES string of the molecule is CCCCCc1ccc([C@@H](C)N)cc1. The summed E-state index contributed by atoms with van der Waals surface area (Å²) in [6.45, 7) is 4.26. The van der Waals surface area contributed by atoms with Crippen LogP contribution in [0.3, 0.4) is 0 Å². The minimum atomic E-state index is 0.152. The van der Waals surface area contributed by atoms with Gasteiger partial charge in [-0.15, -0.1) is 0 Å². The maximum Gasteiger partial charge on any atom is 0.0266 e. The number of aryl methyl sites for hydroxylation is 1. The molecule has 1 aromatic carbocycles. The van der Waals surface area contributed by atoms with Crippen molar-refractivity contribution in [3.8, 4) is 0 Å². The summed E-state index contributed by atoms with van der Waals surface area (Å²) in [4.78, 5) is 0. The number of hydrogen-bond donors (Lipinski definition) is 1. The van der Waals surface area contributed by atoms with Gasteiger partial charge >= 0.3 is 0 Å². The van der Waals surface area contributed by atoms with E-state index in [0.717, 1.165) is 0 Å². The number of nitrogens with two attached hydrogens (primary N) is 1. The topological polar surface area (TPSA) is 26.0 Å². The number of rotatable bonds is 5. The second-order valence-corrected chi connectivity index (χ2v) is 3.99. The predicted molar refractivity (Wildman–Crippen MR) is 62.3 cm³/mol. The van der Waals surface area contributed by atoms with E-state index in [1.54, 1.807) is 0 Å². The first kappa shape index (κ1) is 11.3. The molecular formula is C13H21N. The van der Waals surface area contributed by atoms with Gasteiger partial charge in [0.25, 0.3) is 0 Å². The van der Waals surface area contributed by atoms with Crippen molar-refractivity contribution >= 4 is 0 Å². The minimum absolute atomic E-state index is 0.152. The van der Waals surface area contributed by atoms with Crippen LogP contribution in [0.5, 0.6) is 0 Å². The van der Waals surface area contributed by atoms with Crippen molar-refractivity contribution in [1.29, 1.82) is 0 Å². The van der Waals surface area contributed by atoms with Gasteiger partial charge in [-0.25, -0.2) is 0 Å². The molecule has 0 fully saturated rings. The molecule has 0 heterocycles. The van der Waals surface area contributed by atoms with Gasteiger partial charge in [0.05, 0.1) is 0 Å². The zero-order valence-electron chi connectivity index (χ0n) is 9.29. The van der Waals surface area contributed by atoms with Crippen LogP contribution in [0.15, 0.2) is 24.3 Å². The first-order valence-electron chi connectivity index (χ1n) is 5.58. The van der Waals surface area contributed by atoms with Crippen molar-refractivity contribution < 1.29 is 0 Å². The molecule has 0 aliphatic rings. The van der Waals surface area contributed by atoms with Gasteiger partial charge in [0.15, 0.2) is 0 Å². The largest absolute Gasteiger partial charge is 0.324 e. The van der Waals surface area contributed by atoms with Crippen molar-refractivity contribution in [1.82, 2.24) is 0 Å². The second kappa shape index (κ2) is 5.82. The summed E-state index contributed by atoms with van der Waals surface area (Å²) in [5, 5.41) is 0. The Hall–Kier alpha value is -0.820. The minimum Gasteiger partial charge on any atom is -0.324 e. The van der Waals surface area contributed by atoms with Crippen LogP contribution in [0.25, 0.3) is 0 Å². The molecule has 0 radical (unpaired) electrons. The van der Waals surface area contributed by atoms with E-state index in [2.05, 4.69) is 31.2 Å². The molecule has 0 aromatic heterocycles. The normalized spacial score (nSPS) is 12.8. The maximum absolute atomic E-state index is 5.79. The summed E-state index contributed by atoms with van der Waals surface area (Å²) < 4.78 is 0. The van der Waals surface area contributed by atoms with E-state index < -0.39 is 0 Å². The fraction of sp³-hybridized carbons (Fsp3) is 0.538. The van der Waals surface area contributed by atoms with Gasteiger partial charge in [-0.05, 0) is 30.9 Å². The highest BCUT2D eigenvalue weighted by atomic mass is 14.6. The van der Waals surface area contributed by atoms with Gasteiger partial charge in [0.1, 0.15) is 0 Å². The average molecular weight is 191 g/mol. The average Bonchev–Trinajstić information content (AvgIpc) is 2.19. The lowest BCUT2D eigenvalue weighted by molar-refractivity contribution is 0.716. The molecule has 1 rings (SSSR count). The Labute approximate surface area is 87.3 Å². The summed E-state index contributed by atoms with van der Waals surface area (Å²) in [6, 6.07) is 8.85. The van der Waals surface area contributed by atoms with Crippen LogP contribution >= 0.6 is 0 Å². The van der Waals surface area contributed by atoms with E-state index >= 15 is 0 Å². The van der Waals surface area contributed by atoms with Crippen LogP contribution < -0.4 is 5.73 Å². The highest BCUT2D eigenvalue weighted by molar-refractivity contribution is 5.24. The van der Waals surface area contributed by atoms with Gasteiger partial charge in [-0.1, -0.05) is 44.0 Å². The third-order valence-electron chi connectivity index (χ3n) is 2.57.